The van der Waals surface area contributed by atoms with Gasteiger partial charge in [0.1, 0.15) is 0 Å². The Bertz CT molecular complexity index is 431. The maximum absolute atomic E-state index is 3.55. The van der Waals surface area contributed by atoms with Crippen LogP contribution in [0.2, 0.25) is 0 Å². The minimum atomic E-state index is 1.14. The lowest BCUT2D eigenvalue weighted by atomic mass is 10.2. The highest BCUT2D eigenvalue weighted by Crippen LogP contribution is 2.31. The van der Waals surface area contributed by atoms with E-state index in [9.17, 15) is 0 Å². The molecule has 2 rings (SSSR count). The van der Waals surface area contributed by atoms with Crippen LogP contribution in [0.1, 0.15) is 5.56 Å². The van der Waals surface area contributed by atoms with Crippen molar-refractivity contribution in [3.05, 3.63) is 32.8 Å². The zero-order chi connectivity index (χ0) is 8.72. The van der Waals surface area contributed by atoms with E-state index in [1.807, 2.05) is 6.20 Å². The van der Waals surface area contributed by atoms with E-state index in [-0.39, 0.29) is 0 Å². The Labute approximate surface area is 87.4 Å². The molecule has 0 saturated carbocycles. The van der Waals surface area contributed by atoms with Crippen molar-refractivity contribution < 1.29 is 0 Å². The highest BCUT2D eigenvalue weighted by molar-refractivity contribution is 9.11. The molecule has 2 aromatic rings. The zero-order valence-electron chi connectivity index (χ0n) is 6.49. The highest BCUT2D eigenvalue weighted by Gasteiger charge is 2.05. The van der Waals surface area contributed by atoms with Gasteiger partial charge in [0, 0.05) is 20.5 Å². The first-order valence-electron chi connectivity index (χ1n) is 3.62. The molecule has 1 aromatic carbocycles. The van der Waals surface area contributed by atoms with Gasteiger partial charge in [0.25, 0.3) is 0 Å². The van der Waals surface area contributed by atoms with Crippen LogP contribution in [0.25, 0.3) is 10.9 Å². The minimum Gasteiger partial charge on any atom is -0.360 e. The molecule has 0 atom stereocenters. The smallest absolute Gasteiger partial charge is 0.0601 e. The fraction of sp³-hybridized carbons (Fsp3) is 0.111. The third kappa shape index (κ3) is 1.12. The number of hydrogen-bond donors (Lipinski definition) is 1. The number of fused-ring (bicyclic) bond motifs is 1. The number of nitrogens with one attached hydrogen (secondary N) is 1. The largest absolute Gasteiger partial charge is 0.360 e. The number of benzene rings is 1. The Kier molecular flexibility index (Phi) is 2.00. The van der Waals surface area contributed by atoms with Crippen LogP contribution >= 0.6 is 31.9 Å². The summed E-state index contributed by atoms with van der Waals surface area (Å²) in [4.78, 5) is 3.19. The summed E-state index contributed by atoms with van der Waals surface area (Å²) in [6.45, 7) is 2.08. The third-order valence-corrected chi connectivity index (χ3v) is 3.78. The average Bonchev–Trinajstić information content (AvgIpc) is 2.48. The predicted molar refractivity (Wildman–Crippen MR) is 58.4 cm³/mol. The van der Waals surface area contributed by atoms with Crippen molar-refractivity contribution in [2.24, 2.45) is 0 Å². The van der Waals surface area contributed by atoms with Gasteiger partial charge in [-0.05, 0) is 40.5 Å². The van der Waals surface area contributed by atoms with Crippen LogP contribution < -0.4 is 0 Å². The Balaban J connectivity index is 2.94. The van der Waals surface area contributed by atoms with Crippen LogP contribution in [0.15, 0.2) is 27.3 Å². The molecule has 1 nitrogen and oxygen atoms in total. The lowest BCUT2D eigenvalue weighted by molar-refractivity contribution is 1.39. The lowest BCUT2D eigenvalue weighted by Gasteiger charge is -2.02. The van der Waals surface area contributed by atoms with Crippen molar-refractivity contribution >= 4 is 42.8 Å². The van der Waals surface area contributed by atoms with E-state index in [0.29, 0.717) is 0 Å². The van der Waals surface area contributed by atoms with Gasteiger partial charge >= 0.3 is 0 Å². The van der Waals surface area contributed by atoms with Gasteiger partial charge in [0.2, 0.25) is 0 Å². The molecule has 0 aliphatic rings. The molecule has 0 fully saturated rings. The molecule has 1 heterocycles. The van der Waals surface area contributed by atoms with E-state index in [0.717, 1.165) is 14.5 Å². The summed E-state index contributed by atoms with van der Waals surface area (Å²) in [5.74, 6) is 0. The first-order chi connectivity index (χ1) is 5.70. The minimum absolute atomic E-state index is 1.14. The zero-order valence-corrected chi connectivity index (χ0v) is 9.66. The van der Waals surface area contributed by atoms with E-state index in [1.54, 1.807) is 0 Å². The summed E-state index contributed by atoms with van der Waals surface area (Å²) >= 11 is 7.06. The molecule has 3 heteroatoms. The van der Waals surface area contributed by atoms with Gasteiger partial charge in [-0.2, -0.15) is 0 Å². The van der Waals surface area contributed by atoms with Gasteiger partial charge in [0.15, 0.2) is 0 Å². The molecule has 62 valence electrons. The second kappa shape index (κ2) is 2.89. The number of aromatic amines is 1. The lowest BCUT2D eigenvalue weighted by Crippen LogP contribution is -1.80. The average molecular weight is 289 g/mol. The fourth-order valence-electron chi connectivity index (χ4n) is 1.23. The van der Waals surface area contributed by atoms with Crippen LogP contribution in [0.3, 0.4) is 0 Å². The van der Waals surface area contributed by atoms with E-state index < -0.39 is 0 Å². The molecule has 0 spiro atoms. The van der Waals surface area contributed by atoms with Gasteiger partial charge in [-0.1, -0.05) is 15.9 Å². The third-order valence-electron chi connectivity index (χ3n) is 1.97. The van der Waals surface area contributed by atoms with Crippen molar-refractivity contribution in [3.63, 3.8) is 0 Å². The van der Waals surface area contributed by atoms with Gasteiger partial charge in [-0.3, -0.25) is 0 Å². The second-order valence-electron chi connectivity index (χ2n) is 2.74. The van der Waals surface area contributed by atoms with E-state index >= 15 is 0 Å². The van der Waals surface area contributed by atoms with Crippen molar-refractivity contribution in [1.82, 2.24) is 4.98 Å². The molecule has 0 amide bonds. The van der Waals surface area contributed by atoms with Crippen LogP contribution in [0.5, 0.6) is 0 Å². The van der Waals surface area contributed by atoms with E-state index in [1.165, 1.54) is 10.9 Å². The molecule has 0 radical (unpaired) electrons. The summed E-state index contributed by atoms with van der Waals surface area (Å²) in [5, 5.41) is 1.22. The molecule has 1 aromatic heterocycles. The number of aromatic nitrogens is 1. The van der Waals surface area contributed by atoms with Crippen molar-refractivity contribution in [2.45, 2.75) is 6.92 Å². The monoisotopic (exact) mass is 287 g/mol. The van der Waals surface area contributed by atoms with Crippen LogP contribution in [0, 0.1) is 6.92 Å². The van der Waals surface area contributed by atoms with Gasteiger partial charge in [0.05, 0.1) is 5.52 Å². The maximum Gasteiger partial charge on any atom is 0.0601 e. The molecule has 0 aliphatic heterocycles. The van der Waals surface area contributed by atoms with Gasteiger partial charge < -0.3 is 4.98 Å². The van der Waals surface area contributed by atoms with Crippen LogP contribution in [-0.4, -0.2) is 4.98 Å². The SMILES string of the molecule is Cc1c(Br)cc2cc[nH]c2c1Br. The molecule has 12 heavy (non-hydrogen) atoms. The fourth-order valence-corrected chi connectivity index (χ4v) is 2.50. The van der Waals surface area contributed by atoms with Crippen molar-refractivity contribution in [2.75, 3.05) is 0 Å². The number of H-pyrrole nitrogens is 1. The van der Waals surface area contributed by atoms with Crippen molar-refractivity contribution in [3.8, 4) is 0 Å². The Morgan fingerprint density at radius 1 is 1.33 bits per heavy atom. The maximum atomic E-state index is 3.55. The van der Waals surface area contributed by atoms with Crippen LogP contribution in [0.4, 0.5) is 0 Å². The normalized spacial score (nSPS) is 10.9. The summed E-state index contributed by atoms with van der Waals surface area (Å²) in [6.07, 6.45) is 1.95. The summed E-state index contributed by atoms with van der Waals surface area (Å²) in [7, 11) is 0. The first kappa shape index (κ1) is 8.32. The Morgan fingerprint density at radius 3 is 2.83 bits per heavy atom. The Morgan fingerprint density at radius 2 is 2.08 bits per heavy atom. The highest BCUT2D eigenvalue weighted by atomic mass is 79.9. The molecule has 1 N–H and O–H groups in total. The summed E-state index contributed by atoms with van der Waals surface area (Å²) < 4.78 is 2.28. The quantitative estimate of drug-likeness (QED) is 0.754. The van der Waals surface area contributed by atoms with Gasteiger partial charge in [-0.25, -0.2) is 0 Å². The standard InChI is InChI=1S/C9H7Br2N/c1-5-7(10)4-6-2-3-12-9(6)8(5)11/h2-4,12H,1H3. The molecule has 0 bridgehead atoms. The molecule has 0 aliphatic carbocycles. The Hall–Kier alpha value is -0.280. The summed E-state index contributed by atoms with van der Waals surface area (Å²) in [5.41, 5.74) is 2.39. The molecule has 0 saturated heterocycles. The van der Waals surface area contributed by atoms with Crippen molar-refractivity contribution in [1.29, 1.82) is 0 Å². The van der Waals surface area contributed by atoms with E-state index in [4.69, 9.17) is 0 Å². The first-order valence-corrected chi connectivity index (χ1v) is 5.20. The number of halogens is 2. The number of rotatable bonds is 0. The van der Waals surface area contributed by atoms with Crippen LogP contribution in [-0.2, 0) is 0 Å². The second-order valence-corrected chi connectivity index (χ2v) is 4.39. The molecule has 0 unspecified atom stereocenters. The molecular weight excluding hydrogens is 282 g/mol. The topological polar surface area (TPSA) is 15.8 Å². The van der Waals surface area contributed by atoms with Gasteiger partial charge in [-0.15, -0.1) is 0 Å². The van der Waals surface area contributed by atoms with E-state index in [2.05, 4.69) is 55.9 Å². The predicted octanol–water partition coefficient (Wildman–Crippen LogP) is 4.00. The molecular formula is C9H7Br2N. The number of hydrogen-bond acceptors (Lipinski definition) is 0. The summed E-state index contributed by atoms with van der Waals surface area (Å²) in [6, 6.07) is 4.18.